The van der Waals surface area contributed by atoms with Crippen LogP contribution < -0.4 is 22.1 Å². The van der Waals surface area contributed by atoms with E-state index in [1.165, 1.54) is 4.90 Å². The maximum atomic E-state index is 13.9. The first kappa shape index (κ1) is 47.4. The number of aliphatic hydroxyl groups excluding tert-OH is 1. The van der Waals surface area contributed by atoms with E-state index in [4.69, 9.17) is 25.7 Å². The smallest absolute Gasteiger partial charge is 0.246 e. The molecule has 14 nitrogen and oxygen atoms in total. The summed E-state index contributed by atoms with van der Waals surface area (Å²) >= 11 is 1.57. The monoisotopic (exact) mass is 830 g/mol. The number of likely N-dealkylation sites (tertiary alicyclic amines) is 1. The van der Waals surface area contributed by atoms with Gasteiger partial charge in [0.1, 0.15) is 18.7 Å². The van der Waals surface area contributed by atoms with Crippen LogP contribution in [0.15, 0.2) is 54.0 Å². The van der Waals surface area contributed by atoms with Crippen molar-refractivity contribution < 1.29 is 38.5 Å². The van der Waals surface area contributed by atoms with Crippen LogP contribution >= 0.6 is 23.7 Å². The number of β-amino-alcohol motifs (C(OH)–C–C–N with tert-alkyl or cyclic N) is 1. The van der Waals surface area contributed by atoms with E-state index in [-0.39, 0.29) is 82.1 Å². The second-order valence-corrected chi connectivity index (χ2v) is 16.2. The number of rotatable bonds is 21. The summed E-state index contributed by atoms with van der Waals surface area (Å²) in [5.74, 6) is -1.65. The highest BCUT2D eigenvalue weighted by atomic mass is 35.5. The molecule has 7 N–H and O–H groups in total. The van der Waals surface area contributed by atoms with Crippen molar-refractivity contribution in [1.29, 1.82) is 0 Å². The van der Waals surface area contributed by atoms with Crippen molar-refractivity contribution in [3.05, 3.63) is 76.4 Å². The molecular formula is C41H59ClN6O8S. The standard InChI is InChI=1S/C41H58N6O8S.ClH/c1-26-37(56-25-45-26)31-12-10-29(11-13-31)21-44-39(51)34-20-32(48)22-47(34)40(52)38(41(3,4)5)46-36(50)24-54-19-18-53-17-16-28-6-8-30(9-7-28)23-55-27(2)33(42)14-15-35(43)49;/h6-13,25,27,32-34,38,48H,14-24,42H2,1-5H3,(H2,43,49)(H,44,51)(H,46,50);1H/t27-,32-,33+,34+,38-;/m1./s1. The van der Waals surface area contributed by atoms with Crippen molar-refractivity contribution in [2.75, 3.05) is 33.0 Å². The average Bonchev–Trinajstić information content (AvgIpc) is 3.78. The Bertz CT molecular complexity index is 1740. The van der Waals surface area contributed by atoms with Gasteiger partial charge in [0, 0.05) is 32.0 Å². The molecule has 0 bridgehead atoms. The number of halogens is 1. The first-order chi connectivity index (χ1) is 26.6. The van der Waals surface area contributed by atoms with E-state index in [2.05, 4.69) is 15.6 Å². The van der Waals surface area contributed by atoms with Crippen LogP contribution in [0.1, 0.15) is 69.3 Å². The fraction of sp³-hybridized carbons (Fsp3) is 0.537. The fourth-order valence-corrected chi connectivity index (χ4v) is 7.07. The van der Waals surface area contributed by atoms with Crippen LogP contribution in [0.5, 0.6) is 0 Å². The summed E-state index contributed by atoms with van der Waals surface area (Å²) in [4.78, 5) is 57.9. The van der Waals surface area contributed by atoms with E-state index in [1.807, 2.05) is 88.7 Å². The number of nitrogens with zero attached hydrogens (tertiary/aromatic N) is 2. The number of thiazole rings is 1. The number of amides is 4. The van der Waals surface area contributed by atoms with Gasteiger partial charge in [-0.2, -0.15) is 0 Å². The Morgan fingerprint density at radius 3 is 2.28 bits per heavy atom. The molecule has 57 heavy (non-hydrogen) atoms. The molecule has 2 heterocycles. The Morgan fingerprint density at radius 2 is 1.65 bits per heavy atom. The van der Waals surface area contributed by atoms with Crippen molar-refractivity contribution in [3.63, 3.8) is 0 Å². The van der Waals surface area contributed by atoms with Crippen LogP contribution in [0.2, 0.25) is 0 Å². The number of carbonyl (C=O) groups is 4. The molecule has 0 aliphatic carbocycles. The molecule has 1 saturated heterocycles. The second kappa shape index (κ2) is 22.8. The number of aromatic nitrogens is 1. The molecule has 0 spiro atoms. The van der Waals surface area contributed by atoms with Gasteiger partial charge in [-0.3, -0.25) is 19.2 Å². The fourth-order valence-electron chi connectivity index (χ4n) is 6.25. The highest BCUT2D eigenvalue weighted by Gasteiger charge is 2.44. The highest BCUT2D eigenvalue weighted by Crippen LogP contribution is 2.28. The maximum Gasteiger partial charge on any atom is 0.246 e. The first-order valence-electron chi connectivity index (χ1n) is 19.1. The maximum absolute atomic E-state index is 13.9. The molecule has 314 valence electrons. The van der Waals surface area contributed by atoms with E-state index in [0.717, 1.165) is 32.8 Å². The second-order valence-electron chi connectivity index (χ2n) is 15.4. The molecule has 4 amide bonds. The summed E-state index contributed by atoms with van der Waals surface area (Å²) in [6.07, 6.45) is 0.431. The van der Waals surface area contributed by atoms with Gasteiger partial charge in [0.2, 0.25) is 23.6 Å². The molecule has 1 fully saturated rings. The Balaban J connectivity index is 0.00000870. The SMILES string of the molecule is Cc1ncsc1-c1ccc(CNC(=O)[C@@H]2C[C@@H](O)CN2C(=O)[C@@H](NC(=O)COCCOCCc2ccc(CO[C@H](C)[C@@H](N)CCC(N)=O)cc2)C(C)(C)C)cc1.Cl. The van der Waals surface area contributed by atoms with Gasteiger partial charge in [0.15, 0.2) is 0 Å². The number of nitrogens with one attached hydrogen (secondary N) is 2. The molecule has 1 aromatic heterocycles. The summed E-state index contributed by atoms with van der Waals surface area (Å²) in [7, 11) is 0. The lowest BCUT2D eigenvalue weighted by atomic mass is 9.85. The zero-order valence-corrected chi connectivity index (χ0v) is 35.2. The third-order valence-electron chi connectivity index (χ3n) is 9.71. The van der Waals surface area contributed by atoms with Crippen LogP contribution in [0.4, 0.5) is 0 Å². The molecule has 0 saturated carbocycles. The number of nitrogens with two attached hydrogens (primary N) is 2. The molecule has 3 aromatic rings. The zero-order chi connectivity index (χ0) is 40.8. The van der Waals surface area contributed by atoms with Gasteiger partial charge in [-0.15, -0.1) is 23.7 Å². The van der Waals surface area contributed by atoms with Crippen LogP contribution in [0.3, 0.4) is 0 Å². The van der Waals surface area contributed by atoms with Crippen molar-refractivity contribution in [3.8, 4) is 10.4 Å². The summed E-state index contributed by atoms with van der Waals surface area (Å²) in [5.41, 5.74) is 17.4. The normalized spacial score (nSPS) is 17.0. The number of benzene rings is 2. The number of ether oxygens (including phenoxy) is 3. The quantitative estimate of drug-likeness (QED) is 0.0989. The lowest BCUT2D eigenvalue weighted by Crippen LogP contribution is -2.58. The van der Waals surface area contributed by atoms with E-state index < -0.39 is 35.4 Å². The topological polar surface area (TPSA) is 208 Å². The van der Waals surface area contributed by atoms with Crippen molar-refractivity contribution >= 4 is 47.4 Å². The number of carbonyl (C=O) groups excluding carboxylic acids is 4. The molecule has 0 radical (unpaired) electrons. The van der Waals surface area contributed by atoms with E-state index in [9.17, 15) is 24.3 Å². The first-order valence-corrected chi connectivity index (χ1v) is 19.9. The number of hydrogen-bond donors (Lipinski definition) is 5. The lowest BCUT2D eigenvalue weighted by molar-refractivity contribution is -0.144. The van der Waals surface area contributed by atoms with Gasteiger partial charge in [0.05, 0.1) is 54.7 Å². The minimum Gasteiger partial charge on any atom is -0.391 e. The number of aryl methyl sites for hydroxylation is 1. The summed E-state index contributed by atoms with van der Waals surface area (Å²) in [6, 6.07) is 13.8. The predicted molar refractivity (Wildman–Crippen MR) is 221 cm³/mol. The van der Waals surface area contributed by atoms with Gasteiger partial charge in [-0.25, -0.2) is 4.98 Å². The van der Waals surface area contributed by atoms with Crippen LogP contribution in [0.25, 0.3) is 10.4 Å². The molecule has 0 unspecified atom stereocenters. The minimum atomic E-state index is -0.953. The summed E-state index contributed by atoms with van der Waals surface area (Å²) in [6.45, 7) is 10.7. The Labute approximate surface area is 345 Å². The van der Waals surface area contributed by atoms with Gasteiger partial charge in [-0.05, 0) is 54.4 Å². The van der Waals surface area contributed by atoms with E-state index in [1.54, 1.807) is 11.3 Å². The van der Waals surface area contributed by atoms with E-state index >= 15 is 0 Å². The molecule has 5 atom stereocenters. The van der Waals surface area contributed by atoms with Crippen molar-refractivity contribution in [2.24, 2.45) is 16.9 Å². The molecular weight excluding hydrogens is 772 g/mol. The third kappa shape index (κ3) is 15.1. The largest absolute Gasteiger partial charge is 0.391 e. The Morgan fingerprint density at radius 1 is 1.00 bits per heavy atom. The lowest BCUT2D eigenvalue weighted by Gasteiger charge is -2.35. The van der Waals surface area contributed by atoms with Gasteiger partial charge in [-0.1, -0.05) is 69.3 Å². The van der Waals surface area contributed by atoms with Gasteiger partial charge >= 0.3 is 0 Å². The van der Waals surface area contributed by atoms with Gasteiger partial charge in [0.25, 0.3) is 0 Å². The molecule has 4 rings (SSSR count). The predicted octanol–water partition coefficient (Wildman–Crippen LogP) is 3.42. The molecule has 2 aromatic carbocycles. The number of aliphatic hydroxyl groups is 1. The van der Waals surface area contributed by atoms with Gasteiger partial charge < -0.3 is 46.3 Å². The molecule has 1 aliphatic heterocycles. The van der Waals surface area contributed by atoms with Crippen molar-refractivity contribution in [2.45, 2.75) is 104 Å². The van der Waals surface area contributed by atoms with Crippen LogP contribution in [0, 0.1) is 12.3 Å². The molecule has 1 aliphatic rings. The van der Waals surface area contributed by atoms with Crippen LogP contribution in [-0.2, 0) is 53.0 Å². The Kier molecular flexibility index (Phi) is 19.0. The van der Waals surface area contributed by atoms with Crippen molar-refractivity contribution in [1.82, 2.24) is 20.5 Å². The Hall–Kier alpha value is -3.96. The molecule has 16 heteroatoms. The summed E-state index contributed by atoms with van der Waals surface area (Å²) < 4.78 is 17.1. The highest BCUT2D eigenvalue weighted by molar-refractivity contribution is 7.13. The minimum absolute atomic E-state index is 0. The van der Waals surface area contributed by atoms with E-state index in [0.29, 0.717) is 26.1 Å². The zero-order valence-electron chi connectivity index (χ0n) is 33.5. The summed E-state index contributed by atoms with van der Waals surface area (Å²) in [5, 5.41) is 16.2. The third-order valence-corrected chi connectivity index (χ3v) is 10.7. The number of primary amides is 1. The number of hydrogen-bond acceptors (Lipinski definition) is 11. The van der Waals surface area contributed by atoms with Crippen LogP contribution in [-0.4, -0.2) is 102 Å². The average molecular weight is 831 g/mol.